The zero-order valence-corrected chi connectivity index (χ0v) is 14.9. The van der Waals surface area contributed by atoms with E-state index in [9.17, 15) is 9.59 Å². The second kappa shape index (κ2) is 7.73. The van der Waals surface area contributed by atoms with Gasteiger partial charge in [-0.1, -0.05) is 65.1 Å². The number of ether oxygens (including phenoxy) is 1. The molecule has 1 aliphatic rings. The summed E-state index contributed by atoms with van der Waals surface area (Å²) in [5, 5.41) is 2.67. The van der Waals surface area contributed by atoms with E-state index in [4.69, 9.17) is 39.5 Å². The van der Waals surface area contributed by atoms with Gasteiger partial charge in [-0.3, -0.25) is 9.59 Å². The van der Waals surface area contributed by atoms with Crippen molar-refractivity contribution in [3.8, 4) is 0 Å². The SMILES string of the molecule is CCOC(=O)[C@@H]1[C@@H](NC(=O)C(Cl)(Cl)Cl)CC[C@H]1c1ccccc1. The summed E-state index contributed by atoms with van der Waals surface area (Å²) in [4.78, 5) is 24.3. The van der Waals surface area contributed by atoms with E-state index in [2.05, 4.69) is 5.32 Å². The lowest BCUT2D eigenvalue weighted by Crippen LogP contribution is -2.46. The number of carbonyl (C=O) groups excluding carboxylic acids is 2. The number of halogens is 3. The lowest BCUT2D eigenvalue weighted by atomic mass is 9.87. The van der Waals surface area contributed by atoms with Gasteiger partial charge in [0.2, 0.25) is 0 Å². The topological polar surface area (TPSA) is 55.4 Å². The number of rotatable bonds is 4. The van der Waals surface area contributed by atoms with Gasteiger partial charge in [-0.25, -0.2) is 0 Å². The lowest BCUT2D eigenvalue weighted by Gasteiger charge is -2.25. The van der Waals surface area contributed by atoms with Gasteiger partial charge in [0.25, 0.3) is 9.70 Å². The highest BCUT2D eigenvalue weighted by atomic mass is 35.6. The molecule has 0 spiro atoms. The van der Waals surface area contributed by atoms with Crippen LogP contribution in [0.5, 0.6) is 0 Å². The van der Waals surface area contributed by atoms with Gasteiger partial charge in [0.05, 0.1) is 12.5 Å². The largest absolute Gasteiger partial charge is 0.466 e. The van der Waals surface area contributed by atoms with Gasteiger partial charge in [-0.15, -0.1) is 0 Å². The maximum atomic E-state index is 12.4. The molecule has 23 heavy (non-hydrogen) atoms. The van der Waals surface area contributed by atoms with Crippen molar-refractivity contribution < 1.29 is 14.3 Å². The Kier molecular flexibility index (Phi) is 6.18. The average molecular weight is 379 g/mol. The van der Waals surface area contributed by atoms with E-state index in [1.807, 2.05) is 30.3 Å². The number of carbonyl (C=O) groups is 2. The fourth-order valence-corrected chi connectivity index (χ4v) is 3.22. The molecule has 1 aromatic carbocycles. The van der Waals surface area contributed by atoms with E-state index in [0.29, 0.717) is 6.42 Å². The quantitative estimate of drug-likeness (QED) is 0.643. The van der Waals surface area contributed by atoms with E-state index >= 15 is 0 Å². The molecule has 1 amide bonds. The van der Waals surface area contributed by atoms with Crippen molar-refractivity contribution in [2.45, 2.75) is 35.5 Å². The van der Waals surface area contributed by atoms with Crippen LogP contribution >= 0.6 is 34.8 Å². The minimum absolute atomic E-state index is 0.0315. The molecule has 1 saturated carbocycles. The smallest absolute Gasteiger partial charge is 0.311 e. The Bertz CT molecular complexity index is 559. The van der Waals surface area contributed by atoms with Crippen LogP contribution in [-0.4, -0.2) is 28.3 Å². The molecule has 0 radical (unpaired) electrons. The second-order valence-corrected chi connectivity index (χ2v) is 7.73. The third-order valence-electron chi connectivity index (χ3n) is 4.02. The molecule has 126 valence electrons. The molecule has 0 heterocycles. The van der Waals surface area contributed by atoms with E-state index < -0.39 is 21.7 Å². The minimum Gasteiger partial charge on any atom is -0.466 e. The van der Waals surface area contributed by atoms with Gasteiger partial charge in [0.15, 0.2) is 0 Å². The third-order valence-corrected chi connectivity index (χ3v) is 4.53. The molecule has 0 bridgehead atoms. The van der Waals surface area contributed by atoms with Crippen LogP contribution in [-0.2, 0) is 14.3 Å². The maximum absolute atomic E-state index is 12.4. The van der Waals surface area contributed by atoms with E-state index in [0.717, 1.165) is 12.0 Å². The molecule has 1 N–H and O–H groups in total. The molecule has 4 nitrogen and oxygen atoms in total. The highest BCUT2D eigenvalue weighted by molar-refractivity contribution is 6.76. The molecule has 3 atom stereocenters. The highest BCUT2D eigenvalue weighted by Gasteiger charge is 2.45. The van der Waals surface area contributed by atoms with Crippen molar-refractivity contribution in [3.63, 3.8) is 0 Å². The molecule has 1 aromatic rings. The Morgan fingerprint density at radius 2 is 1.87 bits per heavy atom. The predicted molar refractivity (Wildman–Crippen MR) is 90.8 cm³/mol. The van der Waals surface area contributed by atoms with Crippen LogP contribution < -0.4 is 5.32 Å². The van der Waals surface area contributed by atoms with Gasteiger partial charge in [0, 0.05) is 6.04 Å². The van der Waals surface area contributed by atoms with Crippen LogP contribution in [0.4, 0.5) is 0 Å². The monoisotopic (exact) mass is 377 g/mol. The second-order valence-electron chi connectivity index (χ2n) is 5.45. The third kappa shape index (κ3) is 4.52. The van der Waals surface area contributed by atoms with Gasteiger partial charge in [-0.2, -0.15) is 0 Å². The van der Waals surface area contributed by atoms with Crippen LogP contribution in [0.15, 0.2) is 30.3 Å². The first-order chi connectivity index (χ1) is 10.8. The summed E-state index contributed by atoms with van der Waals surface area (Å²) in [6.45, 7) is 2.03. The fourth-order valence-electron chi connectivity index (χ4n) is 3.05. The van der Waals surface area contributed by atoms with Crippen molar-refractivity contribution in [1.82, 2.24) is 5.32 Å². The van der Waals surface area contributed by atoms with Crippen molar-refractivity contribution >= 4 is 46.7 Å². The molecule has 0 aromatic heterocycles. The Morgan fingerprint density at radius 1 is 1.22 bits per heavy atom. The Balaban J connectivity index is 2.22. The van der Waals surface area contributed by atoms with Gasteiger partial charge in [0.1, 0.15) is 0 Å². The first kappa shape index (κ1) is 18.4. The highest BCUT2D eigenvalue weighted by Crippen LogP contribution is 2.41. The summed E-state index contributed by atoms with van der Waals surface area (Å²) in [6, 6.07) is 9.28. The molecule has 1 aliphatic carbocycles. The van der Waals surface area contributed by atoms with Gasteiger partial charge in [-0.05, 0) is 31.2 Å². The van der Waals surface area contributed by atoms with Crippen LogP contribution in [0.25, 0.3) is 0 Å². The minimum atomic E-state index is -2.05. The summed E-state index contributed by atoms with van der Waals surface area (Å²) in [6.07, 6.45) is 1.37. The standard InChI is InChI=1S/C16H18Cl3NO3/c1-2-23-14(21)13-11(10-6-4-3-5-7-10)8-9-12(13)20-15(22)16(17,18)19/h3-7,11-13H,2,8-9H2,1H3,(H,20,22)/t11-,12-,13-/m0/s1. The lowest BCUT2D eigenvalue weighted by molar-refractivity contribution is -0.149. The molecule has 2 rings (SSSR count). The molecular formula is C16H18Cl3NO3. The summed E-state index contributed by atoms with van der Waals surface area (Å²) >= 11 is 16.8. The van der Waals surface area contributed by atoms with Crippen molar-refractivity contribution in [1.29, 1.82) is 0 Å². The van der Waals surface area contributed by atoms with Crippen LogP contribution in [0.1, 0.15) is 31.2 Å². The molecule has 1 fully saturated rings. The maximum Gasteiger partial charge on any atom is 0.311 e. The van der Waals surface area contributed by atoms with Crippen molar-refractivity contribution in [2.24, 2.45) is 5.92 Å². The van der Waals surface area contributed by atoms with Crippen LogP contribution in [0.3, 0.4) is 0 Å². The molecule has 7 heteroatoms. The van der Waals surface area contributed by atoms with Gasteiger partial charge >= 0.3 is 5.97 Å². The zero-order valence-electron chi connectivity index (χ0n) is 12.6. The van der Waals surface area contributed by atoms with E-state index in [1.54, 1.807) is 6.92 Å². The molecule has 0 aliphatic heterocycles. The first-order valence-electron chi connectivity index (χ1n) is 7.43. The molecule has 0 unspecified atom stereocenters. The Hall–Kier alpha value is -0.970. The van der Waals surface area contributed by atoms with Crippen LogP contribution in [0, 0.1) is 5.92 Å². The van der Waals surface area contributed by atoms with Crippen molar-refractivity contribution in [3.05, 3.63) is 35.9 Å². The summed E-state index contributed by atoms with van der Waals surface area (Å²) < 4.78 is 3.13. The zero-order chi connectivity index (χ0) is 17.0. The Morgan fingerprint density at radius 3 is 2.43 bits per heavy atom. The number of benzene rings is 1. The summed E-state index contributed by atoms with van der Waals surface area (Å²) in [7, 11) is 0. The normalized spacial score (nSPS) is 24.3. The summed E-state index contributed by atoms with van der Waals surface area (Å²) in [5.74, 6) is -1.59. The first-order valence-corrected chi connectivity index (χ1v) is 8.57. The number of hydrogen-bond acceptors (Lipinski definition) is 3. The molecular weight excluding hydrogens is 361 g/mol. The Labute approximate surface area is 150 Å². The van der Waals surface area contributed by atoms with Crippen LogP contribution in [0.2, 0.25) is 0 Å². The molecule has 0 saturated heterocycles. The van der Waals surface area contributed by atoms with Crippen molar-refractivity contribution in [2.75, 3.05) is 6.61 Å². The number of amides is 1. The number of hydrogen-bond donors (Lipinski definition) is 1. The van der Waals surface area contributed by atoms with E-state index in [-0.39, 0.29) is 18.5 Å². The predicted octanol–water partition coefficient (Wildman–Crippen LogP) is 3.60. The van der Waals surface area contributed by atoms with Gasteiger partial charge < -0.3 is 10.1 Å². The number of nitrogens with one attached hydrogen (secondary N) is 1. The fraction of sp³-hybridized carbons (Fsp3) is 0.500. The number of alkyl halides is 3. The average Bonchev–Trinajstić information content (AvgIpc) is 2.91. The summed E-state index contributed by atoms with van der Waals surface area (Å²) in [5.41, 5.74) is 1.04. The number of esters is 1. The van der Waals surface area contributed by atoms with E-state index in [1.165, 1.54) is 0 Å².